The Balaban J connectivity index is 2.33. The van der Waals surface area contributed by atoms with Crippen LogP contribution >= 0.6 is 11.6 Å². The first kappa shape index (κ1) is 19.1. The van der Waals surface area contributed by atoms with E-state index in [-0.39, 0.29) is 23.2 Å². The SMILES string of the molecule is CCOC(=O)CC(B1OC(C)(C)C(C)(C)O1)c1ccc(Cl)c(O)c1. The van der Waals surface area contributed by atoms with Crippen molar-refractivity contribution in [2.75, 3.05) is 6.61 Å². The van der Waals surface area contributed by atoms with Gasteiger partial charge in [0, 0.05) is 5.82 Å². The second-order valence-electron chi connectivity index (χ2n) is 6.95. The van der Waals surface area contributed by atoms with Gasteiger partial charge >= 0.3 is 13.1 Å². The Morgan fingerprint density at radius 2 is 1.88 bits per heavy atom. The number of benzene rings is 1. The highest BCUT2D eigenvalue weighted by molar-refractivity contribution is 6.48. The van der Waals surface area contributed by atoms with Gasteiger partial charge in [-0.25, -0.2) is 0 Å². The summed E-state index contributed by atoms with van der Waals surface area (Å²) in [6.45, 7) is 9.87. The van der Waals surface area contributed by atoms with Crippen LogP contribution < -0.4 is 0 Å². The Morgan fingerprint density at radius 1 is 1.29 bits per heavy atom. The Kier molecular flexibility index (Phi) is 5.52. The molecule has 1 saturated heterocycles. The van der Waals surface area contributed by atoms with Crippen LogP contribution in [0.1, 0.15) is 52.4 Å². The largest absolute Gasteiger partial charge is 0.506 e. The Hall–Kier alpha value is -1.24. The number of aromatic hydroxyl groups is 1. The minimum Gasteiger partial charge on any atom is -0.506 e. The van der Waals surface area contributed by atoms with Crippen molar-refractivity contribution < 1.29 is 23.9 Å². The number of halogens is 1. The Morgan fingerprint density at radius 3 is 2.38 bits per heavy atom. The second kappa shape index (κ2) is 6.94. The van der Waals surface area contributed by atoms with Crippen LogP contribution in [0, 0.1) is 0 Å². The predicted octanol–water partition coefficient (Wildman–Crippen LogP) is 3.71. The molecule has 1 heterocycles. The lowest BCUT2D eigenvalue weighted by molar-refractivity contribution is -0.143. The molecule has 1 fully saturated rings. The normalized spacial score (nSPS) is 20.0. The highest BCUT2D eigenvalue weighted by atomic mass is 35.5. The van der Waals surface area contributed by atoms with E-state index in [2.05, 4.69) is 0 Å². The van der Waals surface area contributed by atoms with Gasteiger partial charge in [-0.05, 0) is 52.3 Å². The fraction of sp³-hybridized carbons (Fsp3) is 0.588. The number of esters is 1. The van der Waals surface area contributed by atoms with Crippen LogP contribution in [0.25, 0.3) is 0 Å². The average molecular weight is 355 g/mol. The maximum Gasteiger partial charge on any atom is 0.466 e. The van der Waals surface area contributed by atoms with Crippen LogP contribution in [-0.2, 0) is 18.8 Å². The quantitative estimate of drug-likeness (QED) is 0.645. The highest BCUT2D eigenvalue weighted by Crippen LogP contribution is 2.42. The molecule has 0 radical (unpaired) electrons. The molecule has 24 heavy (non-hydrogen) atoms. The van der Waals surface area contributed by atoms with Crippen molar-refractivity contribution in [2.24, 2.45) is 0 Å². The minimum atomic E-state index is -0.625. The van der Waals surface area contributed by atoms with Gasteiger partial charge < -0.3 is 19.2 Å². The first-order chi connectivity index (χ1) is 11.1. The van der Waals surface area contributed by atoms with Crippen molar-refractivity contribution in [3.8, 4) is 5.75 Å². The van der Waals surface area contributed by atoms with Crippen LogP contribution in [0.5, 0.6) is 5.75 Å². The molecule has 0 saturated carbocycles. The van der Waals surface area contributed by atoms with Crippen LogP contribution in [0.4, 0.5) is 0 Å². The molecule has 1 unspecified atom stereocenters. The van der Waals surface area contributed by atoms with E-state index in [0.29, 0.717) is 12.2 Å². The third-order valence-corrected chi connectivity index (χ3v) is 5.01. The van der Waals surface area contributed by atoms with Gasteiger partial charge in [0.1, 0.15) is 5.75 Å². The summed E-state index contributed by atoms with van der Waals surface area (Å²) in [5, 5.41) is 10.2. The first-order valence-corrected chi connectivity index (χ1v) is 8.45. The first-order valence-electron chi connectivity index (χ1n) is 8.07. The van der Waals surface area contributed by atoms with E-state index in [4.69, 9.17) is 25.6 Å². The van der Waals surface area contributed by atoms with Crippen LogP contribution in [0.15, 0.2) is 18.2 Å². The third kappa shape index (κ3) is 3.87. The van der Waals surface area contributed by atoms with Crippen molar-refractivity contribution in [1.29, 1.82) is 0 Å². The predicted molar refractivity (Wildman–Crippen MR) is 93.2 cm³/mol. The topological polar surface area (TPSA) is 65.0 Å². The molecule has 1 aliphatic heterocycles. The van der Waals surface area contributed by atoms with E-state index in [0.717, 1.165) is 0 Å². The summed E-state index contributed by atoms with van der Waals surface area (Å²) < 4.78 is 17.2. The van der Waals surface area contributed by atoms with Gasteiger partial charge in [0.15, 0.2) is 0 Å². The van der Waals surface area contributed by atoms with Crippen molar-refractivity contribution in [3.05, 3.63) is 28.8 Å². The number of rotatable bonds is 5. The molecule has 0 aromatic heterocycles. The molecule has 5 nitrogen and oxygen atoms in total. The number of carbonyl (C=O) groups excluding carboxylic acids is 1. The zero-order valence-electron chi connectivity index (χ0n) is 14.8. The van der Waals surface area contributed by atoms with Crippen molar-refractivity contribution in [2.45, 2.75) is 58.1 Å². The molecular weight excluding hydrogens is 330 g/mol. The number of ether oxygens (including phenoxy) is 1. The lowest BCUT2D eigenvalue weighted by atomic mass is 9.66. The molecule has 1 aromatic rings. The zero-order valence-corrected chi connectivity index (χ0v) is 15.5. The van der Waals surface area contributed by atoms with E-state index < -0.39 is 24.1 Å². The van der Waals surface area contributed by atoms with Crippen molar-refractivity contribution in [3.63, 3.8) is 0 Å². The number of carbonyl (C=O) groups is 1. The van der Waals surface area contributed by atoms with Gasteiger partial charge in [-0.15, -0.1) is 0 Å². The lowest BCUT2D eigenvalue weighted by Gasteiger charge is -2.32. The smallest absolute Gasteiger partial charge is 0.466 e. The third-order valence-electron chi connectivity index (χ3n) is 4.69. The summed E-state index contributed by atoms with van der Waals surface area (Å²) in [6, 6.07) is 4.89. The van der Waals surface area contributed by atoms with E-state index in [1.54, 1.807) is 19.1 Å². The van der Waals surface area contributed by atoms with Gasteiger partial charge in [-0.2, -0.15) is 0 Å². The molecule has 0 spiro atoms. The molecule has 1 aliphatic rings. The van der Waals surface area contributed by atoms with Gasteiger partial charge in [0.2, 0.25) is 0 Å². The molecular formula is C17H24BClO5. The van der Waals surface area contributed by atoms with Gasteiger partial charge in [0.05, 0.1) is 29.3 Å². The van der Waals surface area contributed by atoms with Crippen molar-refractivity contribution >= 4 is 24.7 Å². The van der Waals surface area contributed by atoms with E-state index in [9.17, 15) is 9.90 Å². The number of hydrogen-bond donors (Lipinski definition) is 1. The summed E-state index contributed by atoms with van der Waals surface area (Å²) in [4.78, 5) is 12.0. The monoisotopic (exact) mass is 354 g/mol. The summed E-state index contributed by atoms with van der Waals surface area (Å²) in [5.41, 5.74) is -0.318. The number of phenols is 1. The molecule has 132 valence electrons. The zero-order chi connectivity index (χ0) is 18.1. The van der Waals surface area contributed by atoms with E-state index in [1.165, 1.54) is 6.07 Å². The highest BCUT2D eigenvalue weighted by Gasteiger charge is 2.54. The van der Waals surface area contributed by atoms with Gasteiger partial charge in [-0.3, -0.25) is 4.79 Å². The van der Waals surface area contributed by atoms with Crippen LogP contribution in [0.2, 0.25) is 5.02 Å². The molecule has 0 bridgehead atoms. The maximum atomic E-state index is 12.0. The molecule has 0 amide bonds. The van der Waals surface area contributed by atoms with Crippen LogP contribution in [0.3, 0.4) is 0 Å². The Labute approximate surface area is 148 Å². The van der Waals surface area contributed by atoms with Crippen LogP contribution in [-0.4, -0.2) is 36.0 Å². The fourth-order valence-electron chi connectivity index (χ4n) is 2.58. The summed E-state index contributed by atoms with van der Waals surface area (Å²) in [5.74, 6) is -0.792. The van der Waals surface area contributed by atoms with E-state index in [1.807, 2.05) is 27.7 Å². The van der Waals surface area contributed by atoms with E-state index >= 15 is 0 Å². The average Bonchev–Trinajstić information content (AvgIpc) is 2.68. The summed E-state index contributed by atoms with van der Waals surface area (Å²) >= 11 is 5.89. The number of phenolic OH excluding ortho intramolecular Hbond substituents is 1. The van der Waals surface area contributed by atoms with Gasteiger partial charge in [-0.1, -0.05) is 17.7 Å². The minimum absolute atomic E-state index is 0.0421. The Bertz CT molecular complexity index is 601. The summed E-state index contributed by atoms with van der Waals surface area (Å²) in [6.07, 6.45) is 0.0890. The molecule has 7 heteroatoms. The maximum absolute atomic E-state index is 12.0. The molecule has 1 aromatic carbocycles. The summed E-state index contributed by atoms with van der Waals surface area (Å²) in [7, 11) is -0.625. The molecule has 1 atom stereocenters. The molecule has 0 aliphatic carbocycles. The fourth-order valence-corrected chi connectivity index (χ4v) is 2.70. The molecule has 1 N–H and O–H groups in total. The number of hydrogen-bond acceptors (Lipinski definition) is 5. The molecule has 2 rings (SSSR count). The van der Waals surface area contributed by atoms with Gasteiger partial charge in [0.25, 0.3) is 0 Å². The standard InChI is InChI=1S/C17H24BClO5/c1-6-22-15(21)10-12(11-7-8-13(19)14(20)9-11)18-23-16(2,3)17(4,5)24-18/h7-9,12,20H,6,10H2,1-5H3. The second-order valence-corrected chi connectivity index (χ2v) is 7.36. The van der Waals surface area contributed by atoms with Crippen molar-refractivity contribution in [1.82, 2.24) is 0 Å². The lowest BCUT2D eigenvalue weighted by Crippen LogP contribution is -2.41.